The maximum Gasteiger partial charge on any atom is 0.418 e. The number of nitriles is 1. The van der Waals surface area contributed by atoms with Crippen molar-refractivity contribution in [3.05, 3.63) is 29.8 Å². The molecule has 6 heteroatoms. The van der Waals surface area contributed by atoms with Crippen LogP contribution in [0.3, 0.4) is 0 Å². The third kappa shape index (κ3) is 3.98. The maximum absolute atomic E-state index is 12.7. The molecule has 3 nitrogen and oxygen atoms in total. The number of anilines is 1. The molecule has 0 saturated carbocycles. The lowest BCUT2D eigenvalue weighted by Gasteiger charge is -2.15. The van der Waals surface area contributed by atoms with Gasteiger partial charge in [-0.25, -0.2) is 0 Å². The smallest absolute Gasteiger partial charge is 0.324 e. The Kier molecular flexibility index (Phi) is 4.93. The summed E-state index contributed by atoms with van der Waals surface area (Å²) in [5.41, 5.74) is -1.24. The van der Waals surface area contributed by atoms with Gasteiger partial charge in [0.2, 0.25) is 5.91 Å². The third-order valence-corrected chi connectivity index (χ3v) is 2.54. The summed E-state index contributed by atoms with van der Waals surface area (Å²) in [6.07, 6.45) is -3.63. The van der Waals surface area contributed by atoms with E-state index in [4.69, 9.17) is 5.26 Å². The summed E-state index contributed by atoms with van der Waals surface area (Å²) in [6.45, 7) is 1.79. The molecule has 0 spiro atoms. The van der Waals surface area contributed by atoms with Crippen LogP contribution in [-0.2, 0) is 11.0 Å². The van der Waals surface area contributed by atoms with Crippen molar-refractivity contribution in [3.63, 3.8) is 0 Å². The highest BCUT2D eigenvalue weighted by Gasteiger charge is 2.34. The van der Waals surface area contributed by atoms with E-state index in [1.807, 2.05) is 0 Å². The van der Waals surface area contributed by atoms with Gasteiger partial charge in [-0.15, -0.1) is 0 Å². The van der Waals surface area contributed by atoms with E-state index < -0.39 is 23.6 Å². The van der Waals surface area contributed by atoms with Gasteiger partial charge in [0.25, 0.3) is 0 Å². The van der Waals surface area contributed by atoms with Crippen LogP contribution in [0, 0.1) is 17.2 Å². The van der Waals surface area contributed by atoms with Crippen LogP contribution in [-0.4, -0.2) is 5.91 Å². The zero-order valence-corrected chi connectivity index (χ0v) is 10.3. The van der Waals surface area contributed by atoms with Gasteiger partial charge in [-0.05, 0) is 18.6 Å². The Bertz CT molecular complexity index is 491. The summed E-state index contributed by atoms with van der Waals surface area (Å²) in [5, 5.41) is 11.0. The zero-order valence-electron chi connectivity index (χ0n) is 10.3. The Morgan fingerprint density at radius 3 is 2.58 bits per heavy atom. The molecule has 0 aliphatic heterocycles. The second-order valence-corrected chi connectivity index (χ2v) is 4.00. The van der Waals surface area contributed by atoms with Gasteiger partial charge in [0, 0.05) is 0 Å². The lowest BCUT2D eigenvalue weighted by Crippen LogP contribution is -2.23. The number of nitrogens with one attached hydrogen (secondary N) is 1. The fraction of sp³-hybridized carbons (Fsp3) is 0.385. The molecule has 0 bridgehead atoms. The van der Waals surface area contributed by atoms with Gasteiger partial charge in [-0.1, -0.05) is 25.5 Å². The van der Waals surface area contributed by atoms with Crippen molar-refractivity contribution < 1.29 is 18.0 Å². The molecule has 0 heterocycles. The molecular weight excluding hydrogens is 257 g/mol. The average Bonchev–Trinajstić information content (AvgIpc) is 2.35. The summed E-state index contributed by atoms with van der Waals surface area (Å²) in [4.78, 5) is 11.7. The van der Waals surface area contributed by atoms with Crippen molar-refractivity contribution in [1.29, 1.82) is 5.26 Å². The molecule has 1 atom stereocenters. The minimum atomic E-state index is -4.54. The number of alkyl halides is 3. The first-order chi connectivity index (χ1) is 8.90. The SMILES string of the molecule is CCCC(C#N)C(=O)Nc1ccccc1C(F)(F)F. The summed E-state index contributed by atoms with van der Waals surface area (Å²) in [6, 6.07) is 6.48. The Hall–Kier alpha value is -2.03. The van der Waals surface area contributed by atoms with E-state index >= 15 is 0 Å². The summed E-state index contributed by atoms with van der Waals surface area (Å²) >= 11 is 0. The van der Waals surface area contributed by atoms with Crippen LogP contribution in [0.4, 0.5) is 18.9 Å². The van der Waals surface area contributed by atoms with E-state index in [-0.39, 0.29) is 5.69 Å². The average molecular weight is 270 g/mol. The number of carbonyl (C=O) groups excluding carboxylic acids is 1. The molecule has 102 valence electrons. The van der Waals surface area contributed by atoms with Crippen LogP contribution in [0.5, 0.6) is 0 Å². The molecule has 0 radical (unpaired) electrons. The van der Waals surface area contributed by atoms with Crippen molar-refractivity contribution in [3.8, 4) is 6.07 Å². The lowest BCUT2D eigenvalue weighted by atomic mass is 10.0. The van der Waals surface area contributed by atoms with Crippen molar-refractivity contribution >= 4 is 11.6 Å². The topological polar surface area (TPSA) is 52.9 Å². The second kappa shape index (κ2) is 6.23. The first-order valence-corrected chi connectivity index (χ1v) is 5.76. The molecule has 0 aliphatic rings. The number of para-hydroxylation sites is 1. The molecule has 0 aromatic heterocycles. The lowest BCUT2D eigenvalue weighted by molar-refractivity contribution is -0.137. The normalized spacial score (nSPS) is 12.6. The number of hydrogen-bond acceptors (Lipinski definition) is 2. The summed E-state index contributed by atoms with van der Waals surface area (Å²) in [5.74, 6) is -1.65. The number of halogens is 3. The number of benzene rings is 1. The Balaban J connectivity index is 2.95. The number of hydrogen-bond donors (Lipinski definition) is 1. The third-order valence-electron chi connectivity index (χ3n) is 2.54. The molecule has 0 saturated heterocycles. The molecule has 1 amide bonds. The van der Waals surface area contributed by atoms with E-state index in [1.54, 1.807) is 13.0 Å². The van der Waals surface area contributed by atoms with Gasteiger partial charge in [0.05, 0.1) is 17.3 Å². The number of rotatable bonds is 4. The molecule has 1 aromatic carbocycles. The minimum Gasteiger partial charge on any atom is -0.324 e. The van der Waals surface area contributed by atoms with Gasteiger partial charge in [-0.3, -0.25) is 4.79 Å². The Morgan fingerprint density at radius 2 is 2.05 bits per heavy atom. The number of nitrogens with zero attached hydrogens (tertiary/aromatic N) is 1. The quantitative estimate of drug-likeness (QED) is 0.909. The Labute approximate surface area is 109 Å². The van der Waals surface area contributed by atoms with Gasteiger partial charge in [0.15, 0.2) is 0 Å². The van der Waals surface area contributed by atoms with Crippen LogP contribution >= 0.6 is 0 Å². The molecule has 1 unspecified atom stereocenters. The number of carbonyl (C=O) groups is 1. The van der Waals surface area contributed by atoms with Crippen LogP contribution in [0.15, 0.2) is 24.3 Å². The van der Waals surface area contributed by atoms with E-state index in [0.29, 0.717) is 12.8 Å². The summed E-state index contributed by atoms with van der Waals surface area (Å²) < 4.78 is 38.1. The highest BCUT2D eigenvalue weighted by molar-refractivity contribution is 5.94. The van der Waals surface area contributed by atoms with Crippen molar-refractivity contribution in [2.45, 2.75) is 25.9 Å². The Morgan fingerprint density at radius 1 is 1.42 bits per heavy atom. The van der Waals surface area contributed by atoms with Crippen molar-refractivity contribution in [1.82, 2.24) is 0 Å². The standard InChI is InChI=1S/C13H13F3N2O/c1-2-5-9(8-17)12(19)18-11-7-4-3-6-10(11)13(14,15)16/h3-4,6-7,9H,2,5H2,1H3,(H,18,19). The largest absolute Gasteiger partial charge is 0.418 e. The predicted octanol–water partition coefficient (Wildman–Crippen LogP) is 3.58. The first kappa shape index (κ1) is 15.0. The van der Waals surface area contributed by atoms with E-state index in [0.717, 1.165) is 6.07 Å². The zero-order chi connectivity index (χ0) is 14.5. The number of amides is 1. The van der Waals surface area contributed by atoms with Gasteiger partial charge in [0.1, 0.15) is 5.92 Å². The fourth-order valence-corrected chi connectivity index (χ4v) is 1.60. The molecule has 0 fully saturated rings. The first-order valence-electron chi connectivity index (χ1n) is 5.76. The van der Waals surface area contributed by atoms with Crippen LogP contribution in [0.25, 0.3) is 0 Å². The van der Waals surface area contributed by atoms with Gasteiger partial charge < -0.3 is 5.32 Å². The van der Waals surface area contributed by atoms with Gasteiger partial charge in [-0.2, -0.15) is 18.4 Å². The maximum atomic E-state index is 12.7. The molecule has 1 N–H and O–H groups in total. The second-order valence-electron chi connectivity index (χ2n) is 4.00. The highest BCUT2D eigenvalue weighted by Crippen LogP contribution is 2.34. The fourth-order valence-electron chi connectivity index (χ4n) is 1.60. The molecular formula is C13H13F3N2O. The van der Waals surface area contributed by atoms with Gasteiger partial charge >= 0.3 is 6.18 Å². The van der Waals surface area contributed by atoms with Crippen molar-refractivity contribution in [2.75, 3.05) is 5.32 Å². The van der Waals surface area contributed by atoms with Crippen LogP contribution in [0.2, 0.25) is 0 Å². The van der Waals surface area contributed by atoms with Crippen LogP contribution in [0.1, 0.15) is 25.3 Å². The molecule has 1 aromatic rings. The molecule has 0 aliphatic carbocycles. The van der Waals surface area contributed by atoms with E-state index in [9.17, 15) is 18.0 Å². The predicted molar refractivity (Wildman–Crippen MR) is 64.1 cm³/mol. The van der Waals surface area contributed by atoms with Crippen LogP contribution < -0.4 is 5.32 Å². The molecule has 19 heavy (non-hydrogen) atoms. The minimum absolute atomic E-state index is 0.316. The van der Waals surface area contributed by atoms with E-state index in [2.05, 4.69) is 5.32 Å². The summed E-state index contributed by atoms with van der Waals surface area (Å²) in [7, 11) is 0. The van der Waals surface area contributed by atoms with E-state index in [1.165, 1.54) is 18.2 Å². The molecule has 1 rings (SSSR count). The monoisotopic (exact) mass is 270 g/mol. The van der Waals surface area contributed by atoms with Crippen molar-refractivity contribution in [2.24, 2.45) is 5.92 Å². The highest BCUT2D eigenvalue weighted by atomic mass is 19.4.